The quantitative estimate of drug-likeness (QED) is 0.408. The molecule has 4 aromatic rings. The molecule has 160 valence electrons. The topological polar surface area (TPSA) is 103 Å². The molecule has 0 saturated heterocycles. The molecule has 0 fully saturated rings. The normalized spacial score (nSPS) is 12.2. The number of nitrogens with one attached hydrogen (secondary N) is 1. The van der Waals surface area contributed by atoms with Crippen molar-refractivity contribution in [1.29, 1.82) is 0 Å². The molecule has 0 aliphatic rings. The summed E-state index contributed by atoms with van der Waals surface area (Å²) < 4.78 is 1.93. The van der Waals surface area contributed by atoms with Crippen LogP contribution in [0.3, 0.4) is 0 Å². The average molecular weight is 437 g/mol. The van der Waals surface area contributed by atoms with Crippen LogP contribution in [0.2, 0.25) is 0 Å². The van der Waals surface area contributed by atoms with Crippen LogP contribution in [0.15, 0.2) is 54.7 Å². The Morgan fingerprint density at radius 3 is 2.77 bits per heavy atom. The van der Waals surface area contributed by atoms with Crippen LogP contribution in [0.4, 0.5) is 0 Å². The van der Waals surface area contributed by atoms with E-state index in [1.165, 1.54) is 4.80 Å². The number of hydrogen-bond acceptors (Lipinski definition) is 7. The molecular weight excluding hydrogens is 412 g/mol. The van der Waals surface area contributed by atoms with Gasteiger partial charge in [0.2, 0.25) is 11.7 Å². The Hall–Kier alpha value is -3.27. The summed E-state index contributed by atoms with van der Waals surface area (Å²) in [5.74, 6) is 2.23. The van der Waals surface area contributed by atoms with Gasteiger partial charge in [-0.1, -0.05) is 36.4 Å². The van der Waals surface area contributed by atoms with Gasteiger partial charge in [0.1, 0.15) is 0 Å². The van der Waals surface area contributed by atoms with Gasteiger partial charge in [-0.15, -0.1) is 20.4 Å². The summed E-state index contributed by atoms with van der Waals surface area (Å²) in [5, 5.41) is 24.2. The number of fused-ring (bicyclic) bond motifs is 1. The molecule has 3 heterocycles. The van der Waals surface area contributed by atoms with E-state index in [2.05, 4.69) is 37.2 Å². The number of carbonyl (C=O) groups is 1. The van der Waals surface area contributed by atoms with Crippen molar-refractivity contribution in [2.75, 3.05) is 12.0 Å². The van der Waals surface area contributed by atoms with E-state index >= 15 is 0 Å². The summed E-state index contributed by atoms with van der Waals surface area (Å²) in [6, 6.07) is 15.3. The lowest BCUT2D eigenvalue weighted by Gasteiger charge is -2.17. The molecule has 4 rings (SSSR count). The van der Waals surface area contributed by atoms with Crippen LogP contribution in [0, 0.1) is 0 Å². The standard InChI is InChI=1S/C21H24N8OS/c1-31-15-12-17(21-25-23-18-10-5-6-13-28(18)21)22-19(30)11-7-14-29-26-20(24-27-29)16-8-3-2-4-9-16/h2-6,8-10,13,17H,7,11-12,14-15H2,1H3,(H,22,30). The molecule has 1 aromatic carbocycles. The summed E-state index contributed by atoms with van der Waals surface area (Å²) in [6.45, 7) is 0.524. The predicted molar refractivity (Wildman–Crippen MR) is 119 cm³/mol. The van der Waals surface area contributed by atoms with E-state index in [0.717, 1.165) is 29.2 Å². The number of hydrogen-bond donors (Lipinski definition) is 1. The van der Waals surface area contributed by atoms with Crippen molar-refractivity contribution in [1.82, 2.24) is 40.1 Å². The van der Waals surface area contributed by atoms with Crippen LogP contribution in [-0.2, 0) is 11.3 Å². The second-order valence-electron chi connectivity index (χ2n) is 7.07. The van der Waals surface area contributed by atoms with E-state index in [0.29, 0.717) is 25.2 Å². The number of tetrazole rings is 1. The van der Waals surface area contributed by atoms with Gasteiger partial charge in [0.15, 0.2) is 11.5 Å². The van der Waals surface area contributed by atoms with Gasteiger partial charge in [0.05, 0.1) is 12.6 Å². The zero-order valence-electron chi connectivity index (χ0n) is 17.3. The molecule has 3 aromatic heterocycles. The van der Waals surface area contributed by atoms with Gasteiger partial charge in [-0.25, -0.2) is 0 Å². The number of benzene rings is 1. The molecule has 1 amide bonds. The number of rotatable bonds is 10. The highest BCUT2D eigenvalue weighted by Crippen LogP contribution is 2.18. The molecule has 31 heavy (non-hydrogen) atoms. The minimum atomic E-state index is -0.188. The van der Waals surface area contributed by atoms with Crippen LogP contribution < -0.4 is 5.32 Å². The van der Waals surface area contributed by atoms with E-state index in [-0.39, 0.29) is 11.9 Å². The van der Waals surface area contributed by atoms with Crippen molar-refractivity contribution in [2.45, 2.75) is 31.8 Å². The first-order chi connectivity index (χ1) is 15.2. The minimum absolute atomic E-state index is 0.0258. The van der Waals surface area contributed by atoms with Gasteiger partial charge in [0.25, 0.3) is 0 Å². The molecule has 0 spiro atoms. The molecule has 9 nitrogen and oxygen atoms in total. The van der Waals surface area contributed by atoms with E-state index in [1.807, 2.05) is 59.1 Å². The Morgan fingerprint density at radius 1 is 1.10 bits per heavy atom. The molecule has 0 aliphatic carbocycles. The SMILES string of the molecule is CSCCC(NC(=O)CCCn1nnc(-c2ccccc2)n1)c1nnc2ccccn12. The third-order valence-electron chi connectivity index (χ3n) is 4.84. The van der Waals surface area contributed by atoms with Gasteiger partial charge in [0, 0.05) is 18.2 Å². The van der Waals surface area contributed by atoms with Crippen LogP contribution in [0.5, 0.6) is 0 Å². The third-order valence-corrected chi connectivity index (χ3v) is 5.49. The first-order valence-corrected chi connectivity index (χ1v) is 11.5. The Balaban J connectivity index is 1.34. The average Bonchev–Trinajstić information content (AvgIpc) is 3.45. The number of pyridine rings is 1. The zero-order valence-corrected chi connectivity index (χ0v) is 18.1. The van der Waals surface area contributed by atoms with Crippen molar-refractivity contribution in [2.24, 2.45) is 0 Å². The fourth-order valence-electron chi connectivity index (χ4n) is 3.29. The Kier molecular flexibility index (Phi) is 6.88. The van der Waals surface area contributed by atoms with E-state index in [9.17, 15) is 4.79 Å². The monoisotopic (exact) mass is 436 g/mol. The van der Waals surface area contributed by atoms with Crippen LogP contribution >= 0.6 is 11.8 Å². The number of thioether (sulfide) groups is 1. The highest BCUT2D eigenvalue weighted by Gasteiger charge is 2.20. The van der Waals surface area contributed by atoms with Crippen molar-refractivity contribution in [3.8, 4) is 11.4 Å². The van der Waals surface area contributed by atoms with Gasteiger partial charge >= 0.3 is 0 Å². The maximum Gasteiger partial charge on any atom is 0.220 e. The maximum absolute atomic E-state index is 12.6. The smallest absolute Gasteiger partial charge is 0.220 e. The van der Waals surface area contributed by atoms with Crippen LogP contribution in [0.25, 0.3) is 17.0 Å². The molecule has 0 radical (unpaired) electrons. The summed E-state index contributed by atoms with van der Waals surface area (Å²) >= 11 is 1.74. The fourth-order valence-corrected chi connectivity index (χ4v) is 3.76. The zero-order chi connectivity index (χ0) is 21.5. The highest BCUT2D eigenvalue weighted by molar-refractivity contribution is 7.98. The first kappa shape index (κ1) is 21.0. The highest BCUT2D eigenvalue weighted by atomic mass is 32.2. The lowest BCUT2D eigenvalue weighted by atomic mass is 10.2. The molecule has 1 unspecified atom stereocenters. The maximum atomic E-state index is 12.6. The van der Waals surface area contributed by atoms with Crippen molar-refractivity contribution < 1.29 is 4.79 Å². The largest absolute Gasteiger partial charge is 0.346 e. The molecule has 1 atom stereocenters. The van der Waals surface area contributed by atoms with Gasteiger partial charge in [-0.3, -0.25) is 9.20 Å². The van der Waals surface area contributed by atoms with Gasteiger partial charge in [-0.2, -0.15) is 16.6 Å². The Morgan fingerprint density at radius 2 is 1.94 bits per heavy atom. The summed E-state index contributed by atoms with van der Waals surface area (Å²) in [6.07, 6.45) is 5.74. The summed E-state index contributed by atoms with van der Waals surface area (Å²) in [5.41, 5.74) is 1.69. The van der Waals surface area contributed by atoms with Crippen LogP contribution in [-0.4, -0.2) is 52.7 Å². The fraction of sp³-hybridized carbons (Fsp3) is 0.333. The molecular formula is C21H24N8OS. The van der Waals surface area contributed by atoms with Crippen molar-refractivity contribution in [3.05, 3.63) is 60.6 Å². The lowest BCUT2D eigenvalue weighted by Crippen LogP contribution is -2.30. The summed E-state index contributed by atoms with van der Waals surface area (Å²) in [7, 11) is 0. The van der Waals surface area contributed by atoms with E-state index in [1.54, 1.807) is 11.8 Å². The second-order valence-corrected chi connectivity index (χ2v) is 8.05. The van der Waals surface area contributed by atoms with Gasteiger partial charge in [-0.05, 0) is 42.2 Å². The van der Waals surface area contributed by atoms with E-state index in [4.69, 9.17) is 0 Å². The molecule has 1 N–H and O–H groups in total. The molecule has 0 saturated carbocycles. The lowest BCUT2D eigenvalue weighted by molar-refractivity contribution is -0.122. The Labute approximate surface area is 184 Å². The number of carbonyl (C=O) groups excluding carboxylic acids is 1. The molecule has 0 bridgehead atoms. The van der Waals surface area contributed by atoms with E-state index < -0.39 is 0 Å². The third kappa shape index (κ3) is 5.26. The minimum Gasteiger partial charge on any atom is -0.346 e. The predicted octanol–water partition coefficient (Wildman–Crippen LogP) is 2.77. The second kappa shape index (κ2) is 10.2. The molecule has 10 heteroatoms. The number of aromatic nitrogens is 7. The van der Waals surface area contributed by atoms with Gasteiger partial charge < -0.3 is 5.32 Å². The van der Waals surface area contributed by atoms with Crippen molar-refractivity contribution in [3.63, 3.8) is 0 Å². The number of nitrogens with zero attached hydrogens (tertiary/aromatic N) is 7. The number of aryl methyl sites for hydroxylation is 1. The van der Waals surface area contributed by atoms with Crippen LogP contribution in [0.1, 0.15) is 31.1 Å². The Bertz CT molecular complexity index is 1130. The molecule has 0 aliphatic heterocycles. The van der Waals surface area contributed by atoms with Crippen molar-refractivity contribution >= 4 is 23.3 Å². The number of amides is 1. The first-order valence-electron chi connectivity index (χ1n) is 10.2. The summed E-state index contributed by atoms with van der Waals surface area (Å²) in [4.78, 5) is 14.2.